The molecule has 2 saturated heterocycles. The molecule has 0 spiro atoms. The smallest absolute Gasteiger partial charge is 0.108 e. The molecular weight excluding hydrogens is 164 g/mol. The van der Waals surface area contributed by atoms with Crippen LogP contribution in [0.4, 0.5) is 0 Å². The lowest BCUT2D eigenvalue weighted by Gasteiger charge is -2.24. The quantitative estimate of drug-likeness (QED) is 0.663. The number of rotatable bonds is 2. The van der Waals surface area contributed by atoms with Gasteiger partial charge in [-0.2, -0.15) is 0 Å². The summed E-state index contributed by atoms with van der Waals surface area (Å²) in [6.45, 7) is 5.53. The second kappa shape index (κ2) is 4.40. The molecule has 2 unspecified atom stereocenters. The van der Waals surface area contributed by atoms with Gasteiger partial charge in [-0.1, -0.05) is 0 Å². The topological polar surface area (TPSA) is 33.3 Å². The Morgan fingerprint density at radius 3 is 2.69 bits per heavy atom. The van der Waals surface area contributed by atoms with Gasteiger partial charge in [0.25, 0.3) is 0 Å². The Morgan fingerprint density at radius 1 is 1.31 bits per heavy atom. The highest BCUT2D eigenvalue weighted by Gasteiger charge is 2.24. The fourth-order valence-electron chi connectivity index (χ4n) is 2.23. The van der Waals surface area contributed by atoms with Gasteiger partial charge >= 0.3 is 0 Å². The molecule has 2 rings (SSSR count). The molecule has 13 heavy (non-hydrogen) atoms. The lowest BCUT2D eigenvalue weighted by Crippen LogP contribution is -2.32. The van der Waals surface area contributed by atoms with Crippen LogP contribution in [0.2, 0.25) is 0 Å². The molecule has 2 atom stereocenters. The van der Waals surface area contributed by atoms with E-state index >= 15 is 0 Å². The molecule has 0 radical (unpaired) electrons. The molecule has 0 amide bonds. The van der Waals surface area contributed by atoms with Crippen molar-refractivity contribution >= 4 is 0 Å². The minimum Gasteiger partial charge on any atom is -0.359 e. The molecule has 3 nitrogen and oxygen atoms in total. The Bertz CT molecular complexity index is 154. The van der Waals surface area contributed by atoms with E-state index in [0.717, 1.165) is 12.5 Å². The third-order valence-electron chi connectivity index (χ3n) is 3.04. The van der Waals surface area contributed by atoms with E-state index in [1.165, 1.54) is 32.4 Å². The fourth-order valence-corrected chi connectivity index (χ4v) is 2.23. The van der Waals surface area contributed by atoms with Crippen molar-refractivity contribution in [1.29, 1.82) is 0 Å². The summed E-state index contributed by atoms with van der Waals surface area (Å²) in [6.07, 6.45) is 4.57. The first-order chi connectivity index (χ1) is 6.34. The first-order valence-electron chi connectivity index (χ1n) is 5.44. The van der Waals surface area contributed by atoms with Crippen LogP contribution in [0.1, 0.15) is 26.2 Å². The van der Waals surface area contributed by atoms with Gasteiger partial charge in [0.1, 0.15) is 6.23 Å². The Kier molecular flexibility index (Phi) is 3.19. The Labute approximate surface area is 80.2 Å². The molecule has 0 bridgehead atoms. The van der Waals surface area contributed by atoms with Gasteiger partial charge in [-0.15, -0.1) is 0 Å². The van der Waals surface area contributed by atoms with E-state index in [1.54, 1.807) is 0 Å². The summed E-state index contributed by atoms with van der Waals surface area (Å²) >= 11 is 0. The maximum Gasteiger partial charge on any atom is 0.108 e. The molecule has 0 aromatic carbocycles. The van der Waals surface area contributed by atoms with Crippen LogP contribution in [-0.4, -0.2) is 32.0 Å². The fraction of sp³-hybridized carbons (Fsp3) is 1.00. The zero-order valence-corrected chi connectivity index (χ0v) is 8.38. The zero-order valence-electron chi connectivity index (χ0n) is 8.38. The second-order valence-corrected chi connectivity index (χ2v) is 4.27. The largest absolute Gasteiger partial charge is 0.359 e. The van der Waals surface area contributed by atoms with Crippen LogP contribution in [0.3, 0.4) is 0 Å². The molecule has 3 heteroatoms. The summed E-state index contributed by atoms with van der Waals surface area (Å²) in [5, 5.41) is 6.80. The molecule has 0 aliphatic carbocycles. The molecule has 2 aliphatic heterocycles. The Hall–Kier alpha value is -0.120. The molecular formula is C10H20N2O. The first-order valence-corrected chi connectivity index (χ1v) is 5.44. The Balaban J connectivity index is 1.71. The van der Waals surface area contributed by atoms with Crippen molar-refractivity contribution in [2.75, 3.05) is 19.6 Å². The maximum absolute atomic E-state index is 5.73. The van der Waals surface area contributed by atoms with E-state index in [2.05, 4.69) is 17.6 Å². The van der Waals surface area contributed by atoms with Gasteiger partial charge < -0.3 is 10.1 Å². The van der Waals surface area contributed by atoms with Gasteiger partial charge in [-0.05, 0) is 45.2 Å². The van der Waals surface area contributed by atoms with Crippen LogP contribution in [0, 0.1) is 5.92 Å². The van der Waals surface area contributed by atoms with Crippen LogP contribution in [0.25, 0.3) is 0 Å². The summed E-state index contributed by atoms with van der Waals surface area (Å²) in [6, 6.07) is 0. The zero-order chi connectivity index (χ0) is 9.10. The average molecular weight is 184 g/mol. The normalized spacial score (nSPS) is 36.7. The summed E-state index contributed by atoms with van der Waals surface area (Å²) < 4.78 is 5.73. The highest BCUT2D eigenvalue weighted by Crippen LogP contribution is 2.20. The molecule has 0 aromatic rings. The number of hydrogen-bond donors (Lipinski definition) is 2. The van der Waals surface area contributed by atoms with Crippen molar-refractivity contribution in [2.45, 2.75) is 38.5 Å². The van der Waals surface area contributed by atoms with Crippen molar-refractivity contribution < 1.29 is 4.74 Å². The van der Waals surface area contributed by atoms with E-state index in [-0.39, 0.29) is 0 Å². The number of piperidine rings is 1. The average Bonchev–Trinajstić information content (AvgIpc) is 2.53. The van der Waals surface area contributed by atoms with E-state index < -0.39 is 0 Å². The molecule has 2 N–H and O–H groups in total. The monoisotopic (exact) mass is 184 g/mol. The predicted molar refractivity (Wildman–Crippen MR) is 52.5 cm³/mol. The predicted octanol–water partition coefficient (Wildman–Crippen LogP) is 0.711. The van der Waals surface area contributed by atoms with Crippen LogP contribution in [0.5, 0.6) is 0 Å². The molecule has 2 heterocycles. The second-order valence-electron chi connectivity index (χ2n) is 4.27. The Morgan fingerprint density at radius 2 is 2.08 bits per heavy atom. The van der Waals surface area contributed by atoms with Crippen molar-refractivity contribution in [3.8, 4) is 0 Å². The standard InChI is InChI=1S/C10H20N2O/c1-8-7-12-10(13-8)6-9-2-4-11-5-3-9/h8-12H,2-7H2,1H3. The summed E-state index contributed by atoms with van der Waals surface area (Å²) in [4.78, 5) is 0. The van der Waals surface area contributed by atoms with Crippen LogP contribution in [0.15, 0.2) is 0 Å². The lowest BCUT2D eigenvalue weighted by molar-refractivity contribution is 0.0324. The third kappa shape index (κ3) is 2.66. The van der Waals surface area contributed by atoms with Gasteiger partial charge in [0.05, 0.1) is 6.10 Å². The summed E-state index contributed by atoms with van der Waals surface area (Å²) in [5.41, 5.74) is 0. The van der Waals surface area contributed by atoms with Gasteiger partial charge in [-0.25, -0.2) is 0 Å². The number of nitrogens with one attached hydrogen (secondary N) is 2. The van der Waals surface area contributed by atoms with Crippen LogP contribution < -0.4 is 10.6 Å². The SMILES string of the molecule is CC1CNC(CC2CCNCC2)O1. The molecule has 2 aliphatic rings. The van der Waals surface area contributed by atoms with E-state index in [0.29, 0.717) is 12.3 Å². The van der Waals surface area contributed by atoms with Gasteiger partial charge in [0.2, 0.25) is 0 Å². The minimum atomic E-state index is 0.332. The highest BCUT2D eigenvalue weighted by molar-refractivity contribution is 4.76. The number of hydrogen-bond acceptors (Lipinski definition) is 3. The molecule has 0 aromatic heterocycles. The summed E-state index contributed by atoms with van der Waals surface area (Å²) in [7, 11) is 0. The van der Waals surface area contributed by atoms with Crippen molar-refractivity contribution in [3.05, 3.63) is 0 Å². The third-order valence-corrected chi connectivity index (χ3v) is 3.04. The van der Waals surface area contributed by atoms with Gasteiger partial charge in [0, 0.05) is 6.54 Å². The lowest BCUT2D eigenvalue weighted by atomic mass is 9.94. The highest BCUT2D eigenvalue weighted by atomic mass is 16.5. The van der Waals surface area contributed by atoms with Crippen molar-refractivity contribution in [2.24, 2.45) is 5.92 Å². The van der Waals surface area contributed by atoms with Gasteiger partial charge in [0.15, 0.2) is 0 Å². The first kappa shape index (κ1) is 9.44. The molecule has 0 saturated carbocycles. The molecule has 76 valence electrons. The summed E-state index contributed by atoms with van der Waals surface area (Å²) in [5.74, 6) is 0.865. The van der Waals surface area contributed by atoms with E-state index in [1.807, 2.05) is 0 Å². The minimum absolute atomic E-state index is 0.332. The number of ether oxygens (including phenoxy) is 1. The van der Waals surface area contributed by atoms with E-state index in [4.69, 9.17) is 4.74 Å². The maximum atomic E-state index is 5.73. The van der Waals surface area contributed by atoms with E-state index in [9.17, 15) is 0 Å². The molecule has 2 fully saturated rings. The van der Waals surface area contributed by atoms with Crippen molar-refractivity contribution in [3.63, 3.8) is 0 Å². The van der Waals surface area contributed by atoms with Crippen LogP contribution >= 0.6 is 0 Å². The van der Waals surface area contributed by atoms with Crippen LogP contribution in [-0.2, 0) is 4.74 Å². The van der Waals surface area contributed by atoms with Crippen molar-refractivity contribution in [1.82, 2.24) is 10.6 Å². The van der Waals surface area contributed by atoms with Gasteiger partial charge in [-0.3, -0.25) is 5.32 Å².